The molecule has 0 atom stereocenters. The van der Waals surface area contributed by atoms with Crippen LogP contribution >= 0.6 is 11.3 Å². The molecule has 0 aliphatic carbocycles. The van der Waals surface area contributed by atoms with E-state index in [2.05, 4.69) is 9.71 Å². The number of nitrogens with one attached hydrogen (secondary N) is 1. The number of amides is 1. The second-order valence-electron chi connectivity index (χ2n) is 4.84. The molecule has 1 aromatic carbocycles. The highest BCUT2D eigenvalue weighted by molar-refractivity contribution is 7.89. The van der Waals surface area contributed by atoms with Crippen molar-refractivity contribution < 1.29 is 13.2 Å². The summed E-state index contributed by atoms with van der Waals surface area (Å²) < 4.78 is 28.1. The summed E-state index contributed by atoms with van der Waals surface area (Å²) in [6.45, 7) is 3.48. The minimum atomic E-state index is -3.62. The van der Waals surface area contributed by atoms with Crippen LogP contribution < -0.4 is 9.52 Å². The van der Waals surface area contributed by atoms with Crippen molar-refractivity contribution in [1.29, 1.82) is 0 Å². The monoisotopic (exact) mass is 339 g/mol. The molecule has 0 saturated heterocycles. The van der Waals surface area contributed by atoms with Crippen LogP contribution in [0.25, 0.3) is 0 Å². The number of benzene rings is 1. The maximum Gasteiger partial charge on any atom is 0.279 e. The lowest BCUT2D eigenvalue weighted by Gasteiger charge is -2.10. The van der Waals surface area contributed by atoms with E-state index in [1.165, 1.54) is 24.5 Å². The van der Waals surface area contributed by atoms with Crippen molar-refractivity contribution in [2.75, 3.05) is 7.05 Å². The van der Waals surface area contributed by atoms with E-state index >= 15 is 0 Å². The second-order valence-corrected chi connectivity index (χ2v) is 7.57. The molecule has 6 nitrogen and oxygen atoms in total. The summed E-state index contributed by atoms with van der Waals surface area (Å²) in [4.78, 5) is 17.0. The number of hydrogen-bond donors (Lipinski definition) is 1. The quantitative estimate of drug-likeness (QED) is 0.917. The Morgan fingerprint density at radius 2 is 2.00 bits per heavy atom. The van der Waals surface area contributed by atoms with Crippen molar-refractivity contribution in [3.05, 3.63) is 45.2 Å². The van der Waals surface area contributed by atoms with E-state index < -0.39 is 15.9 Å². The van der Waals surface area contributed by atoms with Gasteiger partial charge < -0.3 is 4.57 Å². The normalized spacial score (nSPS) is 12.6. The van der Waals surface area contributed by atoms with Crippen molar-refractivity contribution in [3.8, 4) is 0 Å². The van der Waals surface area contributed by atoms with E-state index in [0.29, 0.717) is 10.4 Å². The lowest BCUT2D eigenvalue weighted by molar-refractivity contribution is 0.0997. The van der Waals surface area contributed by atoms with Gasteiger partial charge in [0.2, 0.25) is 10.0 Å². The van der Waals surface area contributed by atoms with Crippen molar-refractivity contribution in [3.63, 3.8) is 0 Å². The van der Waals surface area contributed by atoms with Crippen LogP contribution in [-0.2, 0) is 17.1 Å². The zero-order valence-corrected chi connectivity index (χ0v) is 14.4. The second kappa shape index (κ2) is 6.15. The van der Waals surface area contributed by atoms with Crippen molar-refractivity contribution in [2.24, 2.45) is 12.0 Å². The Morgan fingerprint density at radius 3 is 2.55 bits per heavy atom. The fourth-order valence-corrected chi connectivity index (χ4v) is 3.72. The average molecular weight is 339 g/mol. The van der Waals surface area contributed by atoms with Crippen molar-refractivity contribution in [1.82, 2.24) is 9.29 Å². The minimum absolute atomic E-state index is 0.101. The first kappa shape index (κ1) is 16.6. The minimum Gasteiger partial charge on any atom is -0.327 e. The Balaban J connectivity index is 2.59. The first-order valence-electron chi connectivity index (χ1n) is 6.50. The maximum atomic E-state index is 12.3. The number of carbonyl (C=O) groups excluding carboxylic acids is 1. The summed E-state index contributed by atoms with van der Waals surface area (Å²) in [5.74, 6) is -0.464. The molecule has 118 valence electrons. The van der Waals surface area contributed by atoms with E-state index in [1.807, 2.05) is 5.38 Å². The SMILES string of the molecule is CNS(=O)(=O)c1cc(C(=O)N=c2sccn2C)cc(C)c1C. The first-order chi connectivity index (χ1) is 10.3. The fraction of sp³-hybridized carbons (Fsp3) is 0.286. The van der Waals surface area contributed by atoms with Crippen LogP contribution in [0.5, 0.6) is 0 Å². The largest absolute Gasteiger partial charge is 0.327 e. The van der Waals surface area contributed by atoms with Crippen LogP contribution in [0.3, 0.4) is 0 Å². The molecule has 2 aromatic rings. The number of aryl methyl sites for hydroxylation is 2. The summed E-state index contributed by atoms with van der Waals surface area (Å²) in [5, 5.41) is 1.82. The molecule has 0 unspecified atom stereocenters. The molecule has 1 amide bonds. The summed E-state index contributed by atoms with van der Waals surface area (Å²) in [7, 11) is -0.491. The van der Waals surface area contributed by atoms with Gasteiger partial charge in [0.25, 0.3) is 5.91 Å². The number of sulfonamides is 1. The standard InChI is InChI=1S/C14H17N3O3S2/c1-9-7-11(8-12(10(9)2)22(19,20)15-3)13(18)16-14-17(4)5-6-21-14/h5-8,15H,1-4H3. The molecular formula is C14H17N3O3S2. The Morgan fingerprint density at radius 1 is 1.32 bits per heavy atom. The molecular weight excluding hydrogens is 322 g/mol. The Bertz CT molecular complexity index is 892. The van der Waals surface area contributed by atoms with Gasteiger partial charge in [0.05, 0.1) is 4.90 Å². The van der Waals surface area contributed by atoms with Gasteiger partial charge in [0.15, 0.2) is 4.80 Å². The highest BCUT2D eigenvalue weighted by atomic mass is 32.2. The van der Waals surface area contributed by atoms with Gasteiger partial charge in [0, 0.05) is 24.2 Å². The summed E-state index contributed by atoms with van der Waals surface area (Å²) in [5.41, 5.74) is 1.60. The summed E-state index contributed by atoms with van der Waals surface area (Å²) in [6.07, 6.45) is 1.80. The van der Waals surface area contributed by atoms with Gasteiger partial charge in [-0.3, -0.25) is 4.79 Å². The predicted octanol–water partition coefficient (Wildman–Crippen LogP) is 1.35. The van der Waals surface area contributed by atoms with E-state index in [9.17, 15) is 13.2 Å². The maximum absolute atomic E-state index is 12.3. The number of rotatable bonds is 3. The third-order valence-electron chi connectivity index (χ3n) is 3.38. The smallest absolute Gasteiger partial charge is 0.279 e. The highest BCUT2D eigenvalue weighted by Crippen LogP contribution is 2.21. The first-order valence-corrected chi connectivity index (χ1v) is 8.86. The van der Waals surface area contributed by atoms with Crippen molar-refractivity contribution in [2.45, 2.75) is 18.7 Å². The van der Waals surface area contributed by atoms with Gasteiger partial charge in [-0.15, -0.1) is 11.3 Å². The molecule has 0 fully saturated rings. The zero-order valence-electron chi connectivity index (χ0n) is 12.7. The molecule has 0 aliphatic rings. The average Bonchev–Trinajstić information content (AvgIpc) is 2.86. The van der Waals surface area contributed by atoms with E-state index in [-0.39, 0.29) is 10.5 Å². The lowest BCUT2D eigenvalue weighted by Crippen LogP contribution is -2.21. The molecule has 0 aliphatic heterocycles. The van der Waals surface area contributed by atoms with Gasteiger partial charge >= 0.3 is 0 Å². The predicted molar refractivity (Wildman–Crippen MR) is 85.3 cm³/mol. The highest BCUT2D eigenvalue weighted by Gasteiger charge is 2.19. The summed E-state index contributed by atoms with van der Waals surface area (Å²) >= 11 is 1.34. The topological polar surface area (TPSA) is 80.5 Å². The van der Waals surface area contributed by atoms with Gasteiger partial charge in [-0.05, 0) is 44.2 Å². The fourth-order valence-electron chi connectivity index (χ4n) is 1.93. The molecule has 1 aromatic heterocycles. The summed E-state index contributed by atoms with van der Waals surface area (Å²) in [6, 6.07) is 3.02. The van der Waals surface area contributed by atoms with Crippen molar-refractivity contribution >= 4 is 27.3 Å². The molecule has 0 bridgehead atoms. The molecule has 0 saturated carbocycles. The Hall–Kier alpha value is -1.77. The van der Waals surface area contributed by atoms with Crippen LogP contribution in [0, 0.1) is 13.8 Å². The number of carbonyl (C=O) groups is 1. The lowest BCUT2D eigenvalue weighted by atomic mass is 10.1. The van der Waals surface area contributed by atoms with Gasteiger partial charge in [-0.25, -0.2) is 13.1 Å². The number of thiazole rings is 1. The van der Waals surface area contributed by atoms with E-state index in [1.54, 1.807) is 37.7 Å². The molecule has 1 heterocycles. The molecule has 22 heavy (non-hydrogen) atoms. The zero-order chi connectivity index (χ0) is 16.5. The van der Waals surface area contributed by atoms with Crippen LogP contribution in [0.15, 0.2) is 33.6 Å². The van der Waals surface area contributed by atoms with Crippen LogP contribution in [0.2, 0.25) is 0 Å². The molecule has 8 heteroatoms. The Labute approximate surface area is 133 Å². The van der Waals surface area contributed by atoms with Gasteiger partial charge in [-0.2, -0.15) is 4.99 Å². The number of nitrogens with zero attached hydrogens (tertiary/aromatic N) is 2. The third kappa shape index (κ3) is 3.18. The Kier molecular flexibility index (Phi) is 4.64. The number of aromatic nitrogens is 1. The van der Waals surface area contributed by atoms with Crippen LogP contribution in [0.4, 0.5) is 0 Å². The number of hydrogen-bond acceptors (Lipinski definition) is 4. The van der Waals surface area contributed by atoms with Gasteiger partial charge in [-0.1, -0.05) is 0 Å². The van der Waals surface area contributed by atoms with E-state index in [0.717, 1.165) is 5.56 Å². The van der Waals surface area contributed by atoms with Crippen LogP contribution in [0.1, 0.15) is 21.5 Å². The van der Waals surface area contributed by atoms with Gasteiger partial charge in [0.1, 0.15) is 0 Å². The third-order valence-corrected chi connectivity index (χ3v) is 5.77. The molecule has 0 spiro atoms. The molecule has 1 N–H and O–H groups in total. The van der Waals surface area contributed by atoms with Crippen LogP contribution in [-0.4, -0.2) is 25.9 Å². The molecule has 2 rings (SSSR count). The molecule has 0 radical (unpaired) electrons. The van der Waals surface area contributed by atoms with E-state index in [4.69, 9.17) is 0 Å².